The van der Waals surface area contributed by atoms with Crippen LogP contribution in [0.25, 0.3) is 0 Å². The number of aromatic nitrogens is 1. The van der Waals surface area contributed by atoms with Crippen molar-refractivity contribution in [3.05, 3.63) is 58.5 Å². The second-order valence-corrected chi connectivity index (χ2v) is 4.61. The summed E-state index contributed by atoms with van der Waals surface area (Å²) in [7, 11) is 0. The van der Waals surface area contributed by atoms with Gasteiger partial charge in [0.15, 0.2) is 5.69 Å². The number of carbonyl (C=O) groups is 1. The molecule has 0 aliphatic rings. The highest BCUT2D eigenvalue weighted by molar-refractivity contribution is 5.85. The van der Waals surface area contributed by atoms with Gasteiger partial charge in [0, 0.05) is 6.54 Å². The van der Waals surface area contributed by atoms with Crippen LogP contribution in [0.2, 0.25) is 0 Å². The van der Waals surface area contributed by atoms with E-state index in [9.17, 15) is 9.18 Å². The molecule has 0 amide bonds. The molecule has 0 radical (unpaired) electrons. The molecule has 0 aliphatic heterocycles. The van der Waals surface area contributed by atoms with Gasteiger partial charge in [-0.05, 0) is 42.7 Å². The largest absolute Gasteiger partial charge is 0.477 e. The van der Waals surface area contributed by atoms with E-state index in [0.29, 0.717) is 23.5 Å². The smallest absolute Gasteiger partial charge is 0.354 e. The topological polar surface area (TPSA) is 62.2 Å². The highest BCUT2D eigenvalue weighted by Gasteiger charge is 2.06. The normalized spacial score (nSPS) is 10.3. The maximum Gasteiger partial charge on any atom is 0.354 e. The van der Waals surface area contributed by atoms with E-state index in [4.69, 9.17) is 5.11 Å². The Balaban J connectivity index is 2.13. The van der Waals surface area contributed by atoms with Gasteiger partial charge in [-0.1, -0.05) is 18.2 Å². The molecular weight excluding hydrogens is 259 g/mol. The highest BCUT2D eigenvalue weighted by Crippen LogP contribution is 2.16. The minimum absolute atomic E-state index is 0.0125. The monoisotopic (exact) mass is 274 g/mol. The van der Waals surface area contributed by atoms with Crippen molar-refractivity contribution in [1.82, 2.24) is 4.98 Å². The van der Waals surface area contributed by atoms with E-state index in [0.717, 1.165) is 5.56 Å². The number of benzene rings is 1. The summed E-state index contributed by atoms with van der Waals surface area (Å²) < 4.78 is 13.5. The maximum absolute atomic E-state index is 13.5. The van der Waals surface area contributed by atoms with Crippen LogP contribution in [0, 0.1) is 19.7 Å². The molecule has 2 rings (SSSR count). The number of aryl methyl sites for hydroxylation is 2. The molecule has 20 heavy (non-hydrogen) atoms. The molecule has 2 aromatic rings. The molecule has 1 heterocycles. The molecule has 4 nitrogen and oxygen atoms in total. The summed E-state index contributed by atoms with van der Waals surface area (Å²) in [5.74, 6) is -0.786. The number of hydrogen-bond donors (Lipinski definition) is 2. The van der Waals surface area contributed by atoms with Crippen LogP contribution in [0.15, 0.2) is 30.3 Å². The van der Waals surface area contributed by atoms with Gasteiger partial charge in [-0.25, -0.2) is 14.2 Å². The molecular formula is C15H15FN2O2. The van der Waals surface area contributed by atoms with Gasteiger partial charge in [-0.2, -0.15) is 0 Å². The van der Waals surface area contributed by atoms with Gasteiger partial charge >= 0.3 is 5.97 Å². The molecule has 1 aromatic carbocycles. The summed E-state index contributed by atoms with van der Waals surface area (Å²) in [5.41, 5.74) is 2.09. The van der Waals surface area contributed by atoms with Crippen molar-refractivity contribution < 1.29 is 14.3 Å². The van der Waals surface area contributed by atoms with E-state index in [1.165, 1.54) is 6.07 Å². The minimum Gasteiger partial charge on any atom is -0.477 e. The molecule has 0 spiro atoms. The number of nitrogens with one attached hydrogen (secondary N) is 1. The number of carboxylic acid groups (broad SMARTS) is 1. The quantitative estimate of drug-likeness (QED) is 0.899. The van der Waals surface area contributed by atoms with Crippen LogP contribution in [0.3, 0.4) is 0 Å². The molecule has 2 N–H and O–H groups in total. The number of halogens is 1. The van der Waals surface area contributed by atoms with Crippen LogP contribution in [-0.2, 0) is 6.54 Å². The van der Waals surface area contributed by atoms with Crippen molar-refractivity contribution in [3.63, 3.8) is 0 Å². The van der Waals surface area contributed by atoms with Crippen LogP contribution < -0.4 is 5.32 Å². The molecule has 0 saturated carbocycles. The van der Waals surface area contributed by atoms with Crippen LogP contribution in [0.5, 0.6) is 0 Å². The summed E-state index contributed by atoms with van der Waals surface area (Å²) in [6.45, 7) is 3.89. The van der Waals surface area contributed by atoms with Crippen LogP contribution in [0.4, 0.5) is 10.2 Å². The van der Waals surface area contributed by atoms with Crippen LogP contribution in [0.1, 0.15) is 27.2 Å². The van der Waals surface area contributed by atoms with E-state index in [2.05, 4.69) is 10.3 Å². The third-order valence-electron chi connectivity index (χ3n) is 2.94. The third kappa shape index (κ3) is 3.12. The molecule has 0 saturated heterocycles. The van der Waals surface area contributed by atoms with Gasteiger partial charge in [0.1, 0.15) is 11.6 Å². The lowest BCUT2D eigenvalue weighted by Gasteiger charge is -2.09. The number of anilines is 1. The van der Waals surface area contributed by atoms with E-state index in [1.54, 1.807) is 38.1 Å². The molecule has 0 aliphatic carbocycles. The Morgan fingerprint density at radius 1 is 1.30 bits per heavy atom. The molecule has 104 valence electrons. The number of aromatic carboxylic acids is 1. The molecule has 1 aromatic heterocycles. The number of nitrogens with zero attached hydrogens (tertiary/aromatic N) is 1. The second-order valence-electron chi connectivity index (χ2n) is 4.61. The van der Waals surface area contributed by atoms with Gasteiger partial charge in [0.2, 0.25) is 0 Å². The Hall–Kier alpha value is -2.43. The average molecular weight is 274 g/mol. The van der Waals surface area contributed by atoms with Crippen molar-refractivity contribution in [3.8, 4) is 0 Å². The van der Waals surface area contributed by atoms with Gasteiger partial charge in [0.05, 0.1) is 0 Å². The van der Waals surface area contributed by atoms with Gasteiger partial charge < -0.3 is 10.4 Å². The van der Waals surface area contributed by atoms with Gasteiger partial charge in [-0.15, -0.1) is 0 Å². The van der Waals surface area contributed by atoms with Crippen molar-refractivity contribution >= 4 is 11.8 Å². The fourth-order valence-electron chi connectivity index (χ4n) is 1.98. The van der Waals surface area contributed by atoms with Crippen molar-refractivity contribution in [2.75, 3.05) is 5.32 Å². The van der Waals surface area contributed by atoms with Crippen molar-refractivity contribution in [2.24, 2.45) is 0 Å². The Bertz CT molecular complexity index is 633. The first-order valence-corrected chi connectivity index (χ1v) is 6.17. The highest BCUT2D eigenvalue weighted by atomic mass is 19.1. The summed E-state index contributed by atoms with van der Waals surface area (Å²) in [6, 6.07) is 8.27. The van der Waals surface area contributed by atoms with Crippen molar-refractivity contribution in [1.29, 1.82) is 0 Å². The first-order chi connectivity index (χ1) is 9.47. The standard InChI is InChI=1S/C15H15FN2O2/c1-9-6-11(7-10(2)14(9)16)8-17-13-5-3-4-12(18-13)15(19)20/h3-7H,8H2,1-2H3,(H,17,18)(H,19,20). The zero-order valence-corrected chi connectivity index (χ0v) is 11.3. The second kappa shape index (κ2) is 5.69. The summed E-state index contributed by atoms with van der Waals surface area (Å²) in [6.07, 6.45) is 0. The number of carboxylic acids is 1. The van der Waals surface area contributed by atoms with E-state index in [1.807, 2.05) is 0 Å². The lowest BCUT2D eigenvalue weighted by atomic mass is 10.1. The summed E-state index contributed by atoms with van der Waals surface area (Å²) in [5, 5.41) is 11.9. The number of hydrogen-bond acceptors (Lipinski definition) is 3. The lowest BCUT2D eigenvalue weighted by Crippen LogP contribution is -2.06. The third-order valence-corrected chi connectivity index (χ3v) is 2.94. The predicted molar refractivity (Wildman–Crippen MR) is 74.4 cm³/mol. The number of pyridine rings is 1. The van der Waals surface area contributed by atoms with E-state index >= 15 is 0 Å². The number of rotatable bonds is 4. The van der Waals surface area contributed by atoms with Gasteiger partial charge in [0.25, 0.3) is 0 Å². The average Bonchev–Trinajstić information content (AvgIpc) is 2.42. The fourth-order valence-corrected chi connectivity index (χ4v) is 1.98. The molecule has 5 heteroatoms. The summed E-state index contributed by atoms with van der Waals surface area (Å²) >= 11 is 0. The molecule has 0 fully saturated rings. The first kappa shape index (κ1) is 14.0. The maximum atomic E-state index is 13.5. The van der Waals surface area contributed by atoms with Crippen molar-refractivity contribution in [2.45, 2.75) is 20.4 Å². The molecule has 0 bridgehead atoms. The Morgan fingerprint density at radius 2 is 1.95 bits per heavy atom. The minimum atomic E-state index is -1.07. The van der Waals surface area contributed by atoms with E-state index < -0.39 is 5.97 Å². The lowest BCUT2D eigenvalue weighted by molar-refractivity contribution is 0.0690. The summed E-state index contributed by atoms with van der Waals surface area (Å²) in [4.78, 5) is 14.8. The first-order valence-electron chi connectivity index (χ1n) is 6.17. The van der Waals surface area contributed by atoms with Gasteiger partial charge in [-0.3, -0.25) is 0 Å². The van der Waals surface area contributed by atoms with Crippen LogP contribution in [-0.4, -0.2) is 16.1 Å². The Labute approximate surface area is 116 Å². The zero-order chi connectivity index (χ0) is 14.7. The van der Waals surface area contributed by atoms with E-state index in [-0.39, 0.29) is 11.5 Å². The molecule has 0 unspecified atom stereocenters. The molecule has 0 atom stereocenters. The predicted octanol–water partition coefficient (Wildman–Crippen LogP) is 3.15. The zero-order valence-electron chi connectivity index (χ0n) is 11.3. The Kier molecular flexibility index (Phi) is 3.98. The Morgan fingerprint density at radius 3 is 2.55 bits per heavy atom. The SMILES string of the molecule is Cc1cc(CNc2cccc(C(=O)O)n2)cc(C)c1F. The fraction of sp³-hybridized carbons (Fsp3) is 0.200. The van der Waals surface area contributed by atoms with Crippen LogP contribution >= 0.6 is 0 Å².